The summed E-state index contributed by atoms with van der Waals surface area (Å²) in [5.41, 5.74) is 1.47. The summed E-state index contributed by atoms with van der Waals surface area (Å²) in [5.74, 6) is -0.397. The van der Waals surface area contributed by atoms with Crippen molar-refractivity contribution in [2.75, 3.05) is 30.7 Å². The lowest BCUT2D eigenvalue weighted by molar-refractivity contribution is 0.0956. The Labute approximate surface area is 126 Å². The average Bonchev–Trinajstić information content (AvgIpc) is 2.45. The Bertz CT molecular complexity index is 541. The van der Waals surface area contributed by atoms with E-state index < -0.39 is 10.0 Å². The number of sulfonamides is 1. The monoisotopic (exact) mass is 313 g/mol. The van der Waals surface area contributed by atoms with Gasteiger partial charge in [0.15, 0.2) is 0 Å². The first-order valence-corrected chi connectivity index (χ1v) is 8.73. The fourth-order valence-electron chi connectivity index (χ4n) is 1.70. The molecule has 0 heterocycles. The van der Waals surface area contributed by atoms with Crippen LogP contribution in [0.25, 0.3) is 0 Å². The van der Waals surface area contributed by atoms with Gasteiger partial charge in [0, 0.05) is 30.9 Å². The second-order valence-electron chi connectivity index (χ2n) is 4.58. The fourth-order valence-corrected chi connectivity index (χ4v) is 2.66. The highest BCUT2D eigenvalue weighted by molar-refractivity contribution is 7.89. The van der Waals surface area contributed by atoms with Gasteiger partial charge in [-0.15, -0.1) is 0 Å². The molecule has 0 saturated heterocycles. The maximum atomic E-state index is 11.9. The number of carbonyl (C=O) groups excluding carboxylic acids is 1. The molecular formula is C14H23N3O3S. The van der Waals surface area contributed by atoms with Gasteiger partial charge in [-0.1, -0.05) is 13.8 Å². The summed E-state index contributed by atoms with van der Waals surface area (Å²) in [5, 5.41) is 5.82. The molecule has 1 aromatic rings. The Morgan fingerprint density at radius 2 is 1.76 bits per heavy atom. The van der Waals surface area contributed by atoms with Crippen molar-refractivity contribution in [3.05, 3.63) is 29.8 Å². The van der Waals surface area contributed by atoms with Crippen LogP contribution < -0.4 is 15.4 Å². The first kappa shape index (κ1) is 17.5. The highest BCUT2D eigenvalue weighted by atomic mass is 32.2. The smallest absolute Gasteiger partial charge is 0.251 e. The molecule has 118 valence electrons. The van der Waals surface area contributed by atoms with Crippen molar-refractivity contribution in [2.24, 2.45) is 0 Å². The predicted molar refractivity (Wildman–Crippen MR) is 85.0 cm³/mol. The molecule has 0 aliphatic heterocycles. The highest BCUT2D eigenvalue weighted by Crippen LogP contribution is 2.09. The molecule has 0 saturated carbocycles. The third-order valence-electron chi connectivity index (χ3n) is 2.75. The van der Waals surface area contributed by atoms with Crippen LogP contribution in [0.3, 0.4) is 0 Å². The zero-order chi connectivity index (χ0) is 15.7. The first-order chi connectivity index (χ1) is 9.98. The molecule has 6 nitrogen and oxygen atoms in total. The van der Waals surface area contributed by atoms with E-state index >= 15 is 0 Å². The van der Waals surface area contributed by atoms with Gasteiger partial charge in [-0.25, -0.2) is 13.1 Å². The van der Waals surface area contributed by atoms with Gasteiger partial charge in [0.05, 0.1) is 5.75 Å². The zero-order valence-electron chi connectivity index (χ0n) is 12.5. The number of nitrogens with one attached hydrogen (secondary N) is 3. The molecule has 0 aliphatic rings. The normalized spacial score (nSPS) is 11.1. The van der Waals surface area contributed by atoms with E-state index in [4.69, 9.17) is 0 Å². The van der Waals surface area contributed by atoms with Crippen molar-refractivity contribution in [2.45, 2.75) is 20.3 Å². The Morgan fingerprint density at radius 1 is 1.10 bits per heavy atom. The number of rotatable bonds is 9. The molecule has 0 atom stereocenters. The Balaban J connectivity index is 2.45. The van der Waals surface area contributed by atoms with E-state index in [2.05, 4.69) is 22.3 Å². The third-order valence-corrected chi connectivity index (χ3v) is 4.22. The highest BCUT2D eigenvalue weighted by Gasteiger charge is 2.10. The number of hydrogen-bond acceptors (Lipinski definition) is 4. The van der Waals surface area contributed by atoms with Crippen LogP contribution in [0.1, 0.15) is 30.6 Å². The molecule has 21 heavy (non-hydrogen) atoms. The molecule has 0 unspecified atom stereocenters. The molecule has 0 radical (unpaired) electrons. The molecule has 1 rings (SSSR count). The van der Waals surface area contributed by atoms with Gasteiger partial charge in [0.25, 0.3) is 5.91 Å². The van der Waals surface area contributed by atoms with Crippen molar-refractivity contribution in [3.63, 3.8) is 0 Å². The molecule has 7 heteroatoms. The Hall–Kier alpha value is -1.60. The van der Waals surface area contributed by atoms with Crippen LogP contribution in [0.2, 0.25) is 0 Å². The van der Waals surface area contributed by atoms with E-state index in [1.807, 2.05) is 12.1 Å². The van der Waals surface area contributed by atoms with Gasteiger partial charge >= 0.3 is 0 Å². The molecule has 0 bridgehead atoms. The third kappa shape index (κ3) is 6.59. The van der Waals surface area contributed by atoms with Crippen LogP contribution in [0.5, 0.6) is 0 Å². The average molecular weight is 313 g/mol. The van der Waals surface area contributed by atoms with Gasteiger partial charge in [-0.2, -0.15) is 0 Å². The van der Waals surface area contributed by atoms with E-state index in [9.17, 15) is 13.2 Å². The SMILES string of the molecule is CCCNc1ccc(C(=O)NCCS(=O)(=O)NCC)cc1. The van der Waals surface area contributed by atoms with Crippen molar-refractivity contribution >= 4 is 21.6 Å². The van der Waals surface area contributed by atoms with E-state index in [0.29, 0.717) is 12.1 Å². The Morgan fingerprint density at radius 3 is 2.33 bits per heavy atom. The van der Waals surface area contributed by atoms with Gasteiger partial charge in [-0.3, -0.25) is 4.79 Å². The summed E-state index contributed by atoms with van der Waals surface area (Å²) in [6.45, 7) is 5.11. The lowest BCUT2D eigenvalue weighted by atomic mass is 10.2. The maximum absolute atomic E-state index is 11.9. The van der Waals surface area contributed by atoms with Gasteiger partial charge in [-0.05, 0) is 30.7 Å². The quantitative estimate of drug-likeness (QED) is 0.639. The summed E-state index contributed by atoms with van der Waals surface area (Å²) >= 11 is 0. The second-order valence-corrected chi connectivity index (χ2v) is 6.50. The Kier molecular flexibility index (Phi) is 7.18. The van der Waals surface area contributed by atoms with Crippen LogP contribution >= 0.6 is 0 Å². The largest absolute Gasteiger partial charge is 0.385 e. The number of anilines is 1. The lowest BCUT2D eigenvalue weighted by Crippen LogP contribution is -2.34. The lowest BCUT2D eigenvalue weighted by Gasteiger charge is -2.08. The summed E-state index contributed by atoms with van der Waals surface area (Å²) < 4.78 is 25.2. The summed E-state index contributed by atoms with van der Waals surface area (Å²) in [6, 6.07) is 7.10. The summed E-state index contributed by atoms with van der Waals surface area (Å²) in [4.78, 5) is 11.9. The van der Waals surface area contributed by atoms with Crippen molar-refractivity contribution < 1.29 is 13.2 Å². The molecule has 1 aromatic carbocycles. The minimum absolute atomic E-state index is 0.0873. The van der Waals surface area contributed by atoms with Gasteiger partial charge in [0.2, 0.25) is 10.0 Å². The van der Waals surface area contributed by atoms with E-state index in [-0.39, 0.29) is 18.2 Å². The van der Waals surface area contributed by atoms with Gasteiger partial charge < -0.3 is 10.6 Å². The number of carbonyl (C=O) groups is 1. The number of hydrogen-bond donors (Lipinski definition) is 3. The zero-order valence-corrected chi connectivity index (χ0v) is 13.3. The predicted octanol–water partition coefficient (Wildman–Crippen LogP) is 1.18. The van der Waals surface area contributed by atoms with Crippen molar-refractivity contribution in [1.29, 1.82) is 0 Å². The second kappa shape index (κ2) is 8.63. The van der Waals surface area contributed by atoms with Gasteiger partial charge in [0.1, 0.15) is 0 Å². The molecule has 0 aromatic heterocycles. The van der Waals surface area contributed by atoms with Crippen LogP contribution in [0.15, 0.2) is 24.3 Å². The molecular weight excluding hydrogens is 290 g/mol. The van der Waals surface area contributed by atoms with E-state index in [0.717, 1.165) is 18.7 Å². The summed E-state index contributed by atoms with van der Waals surface area (Å²) in [7, 11) is -3.30. The first-order valence-electron chi connectivity index (χ1n) is 7.08. The fraction of sp³-hybridized carbons (Fsp3) is 0.500. The van der Waals surface area contributed by atoms with Crippen molar-refractivity contribution in [1.82, 2.24) is 10.0 Å². The minimum Gasteiger partial charge on any atom is -0.385 e. The molecule has 3 N–H and O–H groups in total. The standard InChI is InChI=1S/C14H23N3O3S/c1-3-9-15-13-7-5-12(6-8-13)14(18)16-10-11-21(19,20)17-4-2/h5-8,15,17H,3-4,9-11H2,1-2H3,(H,16,18). The van der Waals surface area contributed by atoms with Crippen LogP contribution in [-0.2, 0) is 10.0 Å². The maximum Gasteiger partial charge on any atom is 0.251 e. The van der Waals surface area contributed by atoms with Crippen LogP contribution in [0, 0.1) is 0 Å². The number of amides is 1. The molecule has 0 aliphatic carbocycles. The number of benzene rings is 1. The molecule has 0 fully saturated rings. The van der Waals surface area contributed by atoms with E-state index in [1.165, 1.54) is 0 Å². The summed E-state index contributed by atoms with van der Waals surface area (Å²) in [6.07, 6.45) is 1.03. The minimum atomic E-state index is -3.30. The topological polar surface area (TPSA) is 87.3 Å². The van der Waals surface area contributed by atoms with Crippen LogP contribution in [0.4, 0.5) is 5.69 Å². The molecule has 0 spiro atoms. The molecule has 1 amide bonds. The van der Waals surface area contributed by atoms with E-state index in [1.54, 1.807) is 19.1 Å². The van der Waals surface area contributed by atoms with Crippen LogP contribution in [-0.4, -0.2) is 39.7 Å². The van der Waals surface area contributed by atoms with Crippen molar-refractivity contribution in [3.8, 4) is 0 Å².